The highest BCUT2D eigenvalue weighted by Crippen LogP contribution is 2.17. The number of rotatable bonds is 6. The summed E-state index contributed by atoms with van der Waals surface area (Å²) in [6, 6.07) is 2.73. The zero-order valence-corrected chi connectivity index (χ0v) is 11.6. The molecule has 0 bridgehead atoms. The SMILES string of the molecule is CCCC[C@H](NC(=O)Nc1cccc(F)c1C)C(=O)O. The number of hydrogen-bond acceptors (Lipinski definition) is 2. The first-order chi connectivity index (χ1) is 9.45. The van der Waals surface area contributed by atoms with E-state index >= 15 is 0 Å². The van der Waals surface area contributed by atoms with Crippen LogP contribution in [0.15, 0.2) is 18.2 Å². The molecule has 20 heavy (non-hydrogen) atoms. The second-order valence-corrected chi connectivity index (χ2v) is 4.54. The maximum absolute atomic E-state index is 13.3. The Morgan fingerprint density at radius 1 is 1.40 bits per heavy atom. The van der Waals surface area contributed by atoms with Crippen LogP contribution in [0.5, 0.6) is 0 Å². The number of aliphatic carboxylic acids is 1. The summed E-state index contributed by atoms with van der Waals surface area (Å²) in [7, 11) is 0. The van der Waals surface area contributed by atoms with E-state index in [2.05, 4.69) is 10.6 Å². The topological polar surface area (TPSA) is 78.4 Å². The lowest BCUT2D eigenvalue weighted by molar-refractivity contribution is -0.139. The maximum atomic E-state index is 13.3. The third-order valence-electron chi connectivity index (χ3n) is 2.97. The molecule has 0 aliphatic rings. The third-order valence-corrected chi connectivity index (χ3v) is 2.97. The average Bonchev–Trinajstić information content (AvgIpc) is 2.39. The van der Waals surface area contributed by atoms with Gasteiger partial charge in [-0.2, -0.15) is 0 Å². The van der Waals surface area contributed by atoms with Gasteiger partial charge in [-0.3, -0.25) is 0 Å². The fourth-order valence-corrected chi connectivity index (χ4v) is 1.73. The number of carboxylic acids is 1. The molecule has 1 atom stereocenters. The summed E-state index contributed by atoms with van der Waals surface area (Å²) >= 11 is 0. The van der Waals surface area contributed by atoms with Gasteiger partial charge in [-0.15, -0.1) is 0 Å². The summed E-state index contributed by atoms with van der Waals surface area (Å²) in [4.78, 5) is 22.8. The van der Waals surface area contributed by atoms with E-state index < -0.39 is 23.9 Å². The van der Waals surface area contributed by atoms with Gasteiger partial charge < -0.3 is 15.7 Å². The molecule has 2 amide bonds. The number of urea groups is 1. The molecule has 5 nitrogen and oxygen atoms in total. The van der Waals surface area contributed by atoms with Gasteiger partial charge in [0.1, 0.15) is 11.9 Å². The molecule has 0 heterocycles. The number of hydrogen-bond donors (Lipinski definition) is 3. The maximum Gasteiger partial charge on any atom is 0.326 e. The van der Waals surface area contributed by atoms with E-state index in [1.54, 1.807) is 6.07 Å². The number of carbonyl (C=O) groups is 2. The van der Waals surface area contributed by atoms with Gasteiger partial charge >= 0.3 is 12.0 Å². The van der Waals surface area contributed by atoms with Crippen molar-refractivity contribution in [2.24, 2.45) is 0 Å². The Bertz CT molecular complexity index is 491. The molecule has 0 aliphatic heterocycles. The molecule has 1 rings (SSSR count). The van der Waals surface area contributed by atoms with E-state index in [0.717, 1.165) is 6.42 Å². The van der Waals surface area contributed by atoms with Crippen molar-refractivity contribution in [3.63, 3.8) is 0 Å². The van der Waals surface area contributed by atoms with E-state index in [1.807, 2.05) is 6.92 Å². The standard InChI is InChI=1S/C14H19FN2O3/c1-3-4-7-12(13(18)19)17-14(20)16-11-8-5-6-10(15)9(11)2/h5-6,8,12H,3-4,7H2,1-2H3,(H,18,19)(H2,16,17,20)/t12-/m0/s1. The molecule has 0 saturated carbocycles. The summed E-state index contributed by atoms with van der Waals surface area (Å²) in [5, 5.41) is 13.8. The number of carbonyl (C=O) groups excluding carboxylic acids is 1. The number of amides is 2. The van der Waals surface area contributed by atoms with Crippen molar-refractivity contribution in [3.05, 3.63) is 29.6 Å². The Morgan fingerprint density at radius 3 is 2.70 bits per heavy atom. The van der Waals surface area contributed by atoms with Crippen LogP contribution in [0.25, 0.3) is 0 Å². The van der Waals surface area contributed by atoms with Crippen molar-refractivity contribution in [3.8, 4) is 0 Å². The summed E-state index contributed by atoms with van der Waals surface area (Å²) < 4.78 is 13.3. The number of nitrogens with one attached hydrogen (secondary N) is 2. The van der Waals surface area contributed by atoms with Crippen LogP contribution in [-0.4, -0.2) is 23.1 Å². The molecule has 0 radical (unpaired) electrons. The van der Waals surface area contributed by atoms with Crippen LogP contribution < -0.4 is 10.6 Å². The molecule has 3 N–H and O–H groups in total. The van der Waals surface area contributed by atoms with Gasteiger partial charge in [0.25, 0.3) is 0 Å². The lowest BCUT2D eigenvalue weighted by atomic mass is 10.1. The normalized spacial score (nSPS) is 11.8. The average molecular weight is 282 g/mol. The smallest absolute Gasteiger partial charge is 0.326 e. The number of benzene rings is 1. The molecule has 110 valence electrons. The number of anilines is 1. The molecule has 1 aromatic carbocycles. The molecule has 0 unspecified atom stereocenters. The summed E-state index contributed by atoms with van der Waals surface area (Å²) in [5.41, 5.74) is 0.630. The van der Waals surface area contributed by atoms with E-state index in [4.69, 9.17) is 5.11 Å². The second-order valence-electron chi connectivity index (χ2n) is 4.54. The Hall–Kier alpha value is -2.11. The minimum Gasteiger partial charge on any atom is -0.480 e. The van der Waals surface area contributed by atoms with Crippen molar-refractivity contribution in [2.75, 3.05) is 5.32 Å². The largest absolute Gasteiger partial charge is 0.480 e. The zero-order valence-electron chi connectivity index (χ0n) is 11.6. The van der Waals surface area contributed by atoms with Crippen molar-refractivity contribution in [1.82, 2.24) is 5.32 Å². The second kappa shape index (κ2) is 7.47. The van der Waals surface area contributed by atoms with E-state index in [1.165, 1.54) is 19.1 Å². The van der Waals surface area contributed by atoms with E-state index in [-0.39, 0.29) is 0 Å². The van der Waals surface area contributed by atoms with Gasteiger partial charge in [0.15, 0.2) is 0 Å². The quantitative estimate of drug-likeness (QED) is 0.750. The highest BCUT2D eigenvalue weighted by atomic mass is 19.1. The molecular weight excluding hydrogens is 263 g/mol. The van der Waals surface area contributed by atoms with Crippen LogP contribution in [-0.2, 0) is 4.79 Å². The number of halogens is 1. The predicted octanol–water partition coefficient (Wildman–Crippen LogP) is 2.90. The lowest BCUT2D eigenvalue weighted by Gasteiger charge is -2.15. The molecule has 0 saturated heterocycles. The van der Waals surface area contributed by atoms with Crippen molar-refractivity contribution < 1.29 is 19.1 Å². The Kier molecular flexibility index (Phi) is 5.96. The molecule has 0 aromatic heterocycles. The lowest BCUT2D eigenvalue weighted by Crippen LogP contribution is -2.43. The highest BCUT2D eigenvalue weighted by molar-refractivity contribution is 5.92. The van der Waals surface area contributed by atoms with Crippen LogP contribution in [0.2, 0.25) is 0 Å². The molecule has 0 spiro atoms. The molecule has 0 aliphatic carbocycles. The molecule has 1 aromatic rings. The fraction of sp³-hybridized carbons (Fsp3) is 0.429. The van der Waals surface area contributed by atoms with Crippen molar-refractivity contribution >= 4 is 17.7 Å². The molecule has 6 heteroatoms. The Balaban J connectivity index is 2.66. The van der Waals surface area contributed by atoms with Gasteiger partial charge in [0.05, 0.1) is 0 Å². The van der Waals surface area contributed by atoms with Crippen molar-refractivity contribution in [2.45, 2.75) is 39.2 Å². The first-order valence-electron chi connectivity index (χ1n) is 6.51. The summed E-state index contributed by atoms with van der Waals surface area (Å²) in [5.74, 6) is -1.51. The minimum absolute atomic E-state index is 0.308. The molecule has 0 fully saturated rings. The summed E-state index contributed by atoms with van der Waals surface area (Å²) in [6.07, 6.45) is 1.91. The zero-order chi connectivity index (χ0) is 15.1. The van der Waals surface area contributed by atoms with Crippen LogP contribution in [0.3, 0.4) is 0 Å². The van der Waals surface area contributed by atoms with Gasteiger partial charge in [-0.1, -0.05) is 25.8 Å². The third kappa shape index (κ3) is 4.53. The van der Waals surface area contributed by atoms with Gasteiger partial charge in [-0.05, 0) is 25.5 Å². The number of unbranched alkanes of at least 4 members (excludes halogenated alkanes) is 1. The van der Waals surface area contributed by atoms with Crippen LogP contribution in [0.4, 0.5) is 14.9 Å². The first-order valence-corrected chi connectivity index (χ1v) is 6.51. The Labute approximate surface area is 117 Å². The fourth-order valence-electron chi connectivity index (χ4n) is 1.73. The highest BCUT2D eigenvalue weighted by Gasteiger charge is 2.19. The number of carboxylic acid groups (broad SMARTS) is 1. The van der Waals surface area contributed by atoms with E-state index in [9.17, 15) is 14.0 Å². The predicted molar refractivity (Wildman–Crippen MR) is 74.2 cm³/mol. The summed E-state index contributed by atoms with van der Waals surface area (Å²) in [6.45, 7) is 3.48. The monoisotopic (exact) mass is 282 g/mol. The van der Waals surface area contributed by atoms with Gasteiger partial charge in [-0.25, -0.2) is 14.0 Å². The minimum atomic E-state index is -1.08. The van der Waals surface area contributed by atoms with E-state index in [0.29, 0.717) is 24.1 Å². The van der Waals surface area contributed by atoms with Crippen molar-refractivity contribution in [1.29, 1.82) is 0 Å². The van der Waals surface area contributed by atoms with Crippen LogP contribution >= 0.6 is 0 Å². The molecular formula is C14H19FN2O3. The Morgan fingerprint density at radius 2 is 2.10 bits per heavy atom. The van der Waals surface area contributed by atoms with Crippen LogP contribution in [0.1, 0.15) is 31.7 Å². The first kappa shape index (κ1) is 15.9. The van der Waals surface area contributed by atoms with Crippen LogP contribution in [0, 0.1) is 12.7 Å². The van der Waals surface area contributed by atoms with Gasteiger partial charge in [0.2, 0.25) is 0 Å². The van der Waals surface area contributed by atoms with Gasteiger partial charge in [0, 0.05) is 11.3 Å².